The smallest absolute Gasteiger partial charge is 0.237 e. The van der Waals surface area contributed by atoms with Crippen LogP contribution >= 0.6 is 38.2 Å². The zero-order valence-electron chi connectivity index (χ0n) is 8.94. The Morgan fingerprint density at radius 2 is 2.06 bits per heavy atom. The van der Waals surface area contributed by atoms with Crippen molar-refractivity contribution >= 4 is 58.9 Å². The van der Waals surface area contributed by atoms with Crippen molar-refractivity contribution in [2.45, 2.75) is 11.7 Å². The van der Waals surface area contributed by atoms with Crippen LogP contribution in [0.5, 0.6) is 0 Å². The molecule has 0 aromatic heterocycles. The molecule has 0 saturated carbocycles. The molecule has 2 rings (SSSR count). The Labute approximate surface area is 122 Å². The van der Waals surface area contributed by atoms with Crippen LogP contribution in [0.4, 0.5) is 5.69 Å². The van der Waals surface area contributed by atoms with Gasteiger partial charge in [0.1, 0.15) is 5.25 Å². The van der Waals surface area contributed by atoms with Gasteiger partial charge in [-0.25, -0.2) is 8.42 Å². The largest absolute Gasteiger partial charge is 0.310 e. The van der Waals surface area contributed by atoms with Crippen molar-refractivity contribution in [3.63, 3.8) is 0 Å². The SMILES string of the molecule is O=C1CC(S(=O)(=O)Cl)CN1c1cccc(Cl)c1Br. The number of rotatable bonds is 2. The summed E-state index contributed by atoms with van der Waals surface area (Å²) in [7, 11) is 1.55. The van der Waals surface area contributed by atoms with Crippen LogP contribution in [0.2, 0.25) is 5.02 Å². The van der Waals surface area contributed by atoms with E-state index in [9.17, 15) is 13.2 Å². The molecule has 4 nitrogen and oxygen atoms in total. The molecule has 1 amide bonds. The third kappa shape index (κ3) is 2.66. The number of hydrogen-bond donors (Lipinski definition) is 0. The Hall–Kier alpha value is -0.300. The first-order chi connectivity index (χ1) is 8.30. The van der Waals surface area contributed by atoms with Crippen molar-refractivity contribution in [2.75, 3.05) is 11.4 Å². The lowest BCUT2D eigenvalue weighted by Crippen LogP contribution is -2.27. The standard InChI is InChI=1S/C10H8BrCl2NO3S/c11-10-7(12)2-1-3-8(10)14-5-6(4-9(14)15)18(13,16)17/h1-3,6H,4-5H2. The molecular weight excluding hydrogens is 365 g/mol. The van der Waals surface area contributed by atoms with Gasteiger partial charge in [0.15, 0.2) is 0 Å². The average Bonchev–Trinajstić information content (AvgIpc) is 2.64. The van der Waals surface area contributed by atoms with E-state index in [1.165, 1.54) is 4.90 Å². The van der Waals surface area contributed by atoms with Gasteiger partial charge in [0.05, 0.1) is 15.2 Å². The molecule has 0 spiro atoms. The molecule has 0 radical (unpaired) electrons. The number of halogens is 3. The Morgan fingerprint density at radius 3 is 2.61 bits per heavy atom. The summed E-state index contributed by atoms with van der Waals surface area (Å²) in [4.78, 5) is 13.2. The van der Waals surface area contributed by atoms with Gasteiger partial charge in [-0.1, -0.05) is 17.7 Å². The van der Waals surface area contributed by atoms with E-state index < -0.39 is 14.3 Å². The first-order valence-corrected chi connectivity index (χ1v) is 8.53. The molecule has 18 heavy (non-hydrogen) atoms. The third-order valence-electron chi connectivity index (χ3n) is 2.71. The zero-order valence-corrected chi connectivity index (χ0v) is 12.9. The van der Waals surface area contributed by atoms with Crippen molar-refractivity contribution in [3.05, 3.63) is 27.7 Å². The minimum Gasteiger partial charge on any atom is -0.310 e. The molecule has 1 heterocycles. The lowest BCUT2D eigenvalue weighted by atomic mass is 10.3. The van der Waals surface area contributed by atoms with Crippen molar-refractivity contribution in [1.29, 1.82) is 0 Å². The monoisotopic (exact) mass is 371 g/mol. The van der Waals surface area contributed by atoms with E-state index in [2.05, 4.69) is 15.9 Å². The minimum absolute atomic E-state index is 0.0452. The highest BCUT2D eigenvalue weighted by Crippen LogP contribution is 2.36. The van der Waals surface area contributed by atoms with Gasteiger partial charge in [0, 0.05) is 23.6 Å². The van der Waals surface area contributed by atoms with Gasteiger partial charge in [-0.05, 0) is 28.1 Å². The van der Waals surface area contributed by atoms with E-state index in [0.717, 1.165) is 0 Å². The maximum absolute atomic E-state index is 11.8. The number of benzene rings is 1. The van der Waals surface area contributed by atoms with Crippen LogP contribution < -0.4 is 4.90 Å². The fourth-order valence-electron chi connectivity index (χ4n) is 1.80. The predicted octanol–water partition coefficient (Wildman–Crippen LogP) is 2.78. The van der Waals surface area contributed by atoms with E-state index in [4.69, 9.17) is 22.3 Å². The Balaban J connectivity index is 2.36. The van der Waals surface area contributed by atoms with Gasteiger partial charge in [-0.2, -0.15) is 0 Å². The van der Waals surface area contributed by atoms with Crippen molar-refractivity contribution in [2.24, 2.45) is 0 Å². The molecule has 1 aromatic rings. The van der Waals surface area contributed by atoms with Crippen LogP contribution in [0.3, 0.4) is 0 Å². The third-order valence-corrected chi connectivity index (χ3v) is 5.95. The molecule has 1 aliphatic heterocycles. The summed E-state index contributed by atoms with van der Waals surface area (Å²) in [6.45, 7) is 0.0452. The minimum atomic E-state index is -3.74. The fourth-order valence-corrected chi connectivity index (χ4v) is 3.47. The maximum atomic E-state index is 11.8. The second-order valence-electron chi connectivity index (χ2n) is 3.88. The molecule has 1 aromatic carbocycles. The number of nitrogens with zero attached hydrogens (tertiary/aromatic N) is 1. The van der Waals surface area contributed by atoms with E-state index in [0.29, 0.717) is 15.2 Å². The molecule has 1 unspecified atom stereocenters. The summed E-state index contributed by atoms with van der Waals surface area (Å²) in [5, 5.41) is -0.421. The molecule has 0 N–H and O–H groups in total. The predicted molar refractivity (Wildman–Crippen MR) is 74.7 cm³/mol. The van der Waals surface area contributed by atoms with Gasteiger partial charge >= 0.3 is 0 Å². The summed E-state index contributed by atoms with van der Waals surface area (Å²) in [5.74, 6) is -0.285. The Morgan fingerprint density at radius 1 is 1.39 bits per heavy atom. The number of amides is 1. The average molecular weight is 373 g/mol. The fraction of sp³-hybridized carbons (Fsp3) is 0.300. The Bertz CT molecular complexity index is 605. The first kappa shape index (κ1) is 14.1. The van der Waals surface area contributed by atoms with Crippen LogP contribution in [0.1, 0.15) is 6.42 Å². The van der Waals surface area contributed by atoms with Crippen LogP contribution in [0.15, 0.2) is 22.7 Å². The molecule has 1 atom stereocenters. The number of hydrogen-bond acceptors (Lipinski definition) is 3. The zero-order chi connectivity index (χ0) is 13.5. The first-order valence-electron chi connectivity index (χ1n) is 4.98. The van der Waals surface area contributed by atoms with Gasteiger partial charge in [-0.3, -0.25) is 4.79 Å². The summed E-state index contributed by atoms with van der Waals surface area (Å²) >= 11 is 9.22. The molecule has 1 aliphatic rings. The van der Waals surface area contributed by atoms with E-state index in [1.54, 1.807) is 18.2 Å². The summed E-state index contributed by atoms with van der Waals surface area (Å²) in [6.07, 6.45) is -0.106. The molecular formula is C10H8BrCl2NO3S. The van der Waals surface area contributed by atoms with Crippen LogP contribution in [-0.4, -0.2) is 26.1 Å². The topological polar surface area (TPSA) is 54.5 Å². The normalized spacial score (nSPS) is 20.5. The lowest BCUT2D eigenvalue weighted by molar-refractivity contribution is -0.117. The van der Waals surface area contributed by atoms with E-state index >= 15 is 0 Å². The molecule has 1 saturated heterocycles. The van der Waals surface area contributed by atoms with Crippen molar-refractivity contribution in [3.8, 4) is 0 Å². The van der Waals surface area contributed by atoms with Gasteiger partial charge in [-0.15, -0.1) is 0 Å². The van der Waals surface area contributed by atoms with Crippen LogP contribution in [0, 0.1) is 0 Å². The molecule has 1 fully saturated rings. The van der Waals surface area contributed by atoms with E-state index in [1.807, 2.05) is 0 Å². The molecule has 0 bridgehead atoms. The highest BCUT2D eigenvalue weighted by molar-refractivity contribution is 9.10. The lowest BCUT2D eigenvalue weighted by Gasteiger charge is -2.18. The number of anilines is 1. The highest BCUT2D eigenvalue weighted by atomic mass is 79.9. The summed E-state index contributed by atoms with van der Waals surface area (Å²) < 4.78 is 23.1. The maximum Gasteiger partial charge on any atom is 0.237 e. The van der Waals surface area contributed by atoms with Crippen molar-refractivity contribution in [1.82, 2.24) is 0 Å². The van der Waals surface area contributed by atoms with Gasteiger partial charge in [0.25, 0.3) is 0 Å². The number of carbonyl (C=O) groups is 1. The van der Waals surface area contributed by atoms with Crippen LogP contribution in [0.25, 0.3) is 0 Å². The molecule has 0 aliphatic carbocycles. The second kappa shape index (κ2) is 5.00. The van der Waals surface area contributed by atoms with Crippen LogP contribution in [-0.2, 0) is 13.8 Å². The summed E-state index contributed by atoms with van der Waals surface area (Å²) in [5.41, 5.74) is 0.551. The quantitative estimate of drug-likeness (QED) is 0.750. The highest BCUT2D eigenvalue weighted by Gasteiger charge is 2.38. The van der Waals surface area contributed by atoms with Gasteiger partial charge in [0.2, 0.25) is 15.0 Å². The summed E-state index contributed by atoms with van der Waals surface area (Å²) in [6, 6.07) is 5.06. The van der Waals surface area contributed by atoms with Crippen molar-refractivity contribution < 1.29 is 13.2 Å². The molecule has 98 valence electrons. The molecule has 8 heteroatoms. The Kier molecular flexibility index (Phi) is 3.92. The number of carbonyl (C=O) groups excluding carboxylic acids is 1. The van der Waals surface area contributed by atoms with Gasteiger partial charge < -0.3 is 4.90 Å². The second-order valence-corrected chi connectivity index (χ2v) is 7.99. The van der Waals surface area contributed by atoms with E-state index in [-0.39, 0.29) is 18.9 Å².